The third-order valence-corrected chi connectivity index (χ3v) is 12.0. The Morgan fingerprint density at radius 1 is 0.615 bits per heavy atom. The molecule has 8 atom stereocenters. The molecule has 1 heterocycles. The number of nitrogens with one attached hydrogen (secondary N) is 1. The van der Waals surface area contributed by atoms with E-state index in [1.54, 1.807) is 6.08 Å². The van der Waals surface area contributed by atoms with Gasteiger partial charge in [0.15, 0.2) is 12.4 Å². The lowest BCUT2D eigenvalue weighted by Gasteiger charge is -2.41. The summed E-state index contributed by atoms with van der Waals surface area (Å²) in [6.45, 7) is 5.58. The second-order valence-electron chi connectivity index (χ2n) is 18.0. The molecule has 0 aromatic heterocycles. The number of aliphatic hydroxyl groups excluding tert-OH is 5. The van der Waals surface area contributed by atoms with Gasteiger partial charge in [-0.1, -0.05) is 216 Å². The number of aliphatic hydroxyl groups is 5. The highest BCUT2D eigenvalue weighted by Gasteiger charge is 2.47. The van der Waals surface area contributed by atoms with E-state index in [1.165, 1.54) is 96.3 Å². The molecule has 1 saturated heterocycles. The molecule has 0 aromatic rings. The zero-order valence-electron chi connectivity index (χ0n) is 41.1. The van der Waals surface area contributed by atoms with Crippen LogP contribution in [0.15, 0.2) is 60.8 Å². The van der Waals surface area contributed by atoms with Crippen molar-refractivity contribution in [3.05, 3.63) is 60.8 Å². The van der Waals surface area contributed by atoms with Gasteiger partial charge in [-0.2, -0.15) is 0 Å². The van der Waals surface area contributed by atoms with E-state index in [1.807, 2.05) is 42.5 Å². The average Bonchev–Trinajstić information content (AvgIpc) is 3.30. The molecule has 1 rings (SSSR count). The summed E-state index contributed by atoms with van der Waals surface area (Å²) in [4.78, 5) is 26.3. The first-order valence-corrected chi connectivity index (χ1v) is 26.1. The molecule has 0 saturated carbocycles. The lowest BCUT2D eigenvalue weighted by Crippen LogP contribution is -2.61. The summed E-state index contributed by atoms with van der Waals surface area (Å²) >= 11 is 0. The fourth-order valence-electron chi connectivity index (χ4n) is 7.84. The molecule has 11 nitrogen and oxygen atoms in total. The number of hydrogen-bond acceptors (Lipinski definition) is 10. The Bertz CT molecular complexity index is 1280. The smallest absolute Gasteiger partial charge is 0.306 e. The van der Waals surface area contributed by atoms with Gasteiger partial charge in [0.2, 0.25) is 5.91 Å². The fourth-order valence-corrected chi connectivity index (χ4v) is 7.84. The molecule has 0 radical (unpaired) electrons. The van der Waals surface area contributed by atoms with Crippen LogP contribution < -0.4 is 5.32 Å². The van der Waals surface area contributed by atoms with Crippen LogP contribution in [0.4, 0.5) is 0 Å². The van der Waals surface area contributed by atoms with Gasteiger partial charge in [-0.3, -0.25) is 9.59 Å². The molecule has 8 unspecified atom stereocenters. The molecule has 1 fully saturated rings. The number of rotatable bonds is 42. The van der Waals surface area contributed by atoms with E-state index in [-0.39, 0.29) is 19.4 Å². The summed E-state index contributed by atoms with van der Waals surface area (Å²) in [5.74, 6) is -1.24. The lowest BCUT2D eigenvalue weighted by atomic mass is 9.99. The minimum absolute atomic E-state index is 0.0768. The van der Waals surface area contributed by atoms with Crippen LogP contribution >= 0.6 is 0 Å². The highest BCUT2D eigenvalue weighted by Crippen LogP contribution is 2.26. The maximum Gasteiger partial charge on any atom is 0.306 e. The van der Waals surface area contributed by atoms with Gasteiger partial charge in [0, 0.05) is 6.42 Å². The molecule has 0 aromatic carbocycles. The molecule has 0 spiro atoms. The highest BCUT2D eigenvalue weighted by atomic mass is 16.7. The van der Waals surface area contributed by atoms with Crippen molar-refractivity contribution in [3.63, 3.8) is 0 Å². The number of unbranched alkanes of at least 4 members (excludes halogenated alkanes) is 23. The summed E-state index contributed by atoms with van der Waals surface area (Å²) in [5.41, 5.74) is 0. The fraction of sp³-hybridized carbons (Fsp3) is 0.778. The topological polar surface area (TPSA) is 175 Å². The SMILES string of the molecule is CC/C=C/C=C/C=C\C=C/CCCCCC(=O)OC1C(OCC(NC(=O)C(O)CCCCCCCCCCCCCC)C(O)/C=C/CCCCCCCCCCC)OC(CO)C(O)C1O. The Kier molecular flexibility index (Phi) is 39.7. The van der Waals surface area contributed by atoms with Crippen LogP contribution in [0.2, 0.25) is 0 Å². The van der Waals surface area contributed by atoms with Crippen molar-refractivity contribution in [3.8, 4) is 0 Å². The lowest BCUT2D eigenvalue weighted by molar-refractivity contribution is -0.305. The van der Waals surface area contributed by atoms with Crippen LogP contribution in [0.1, 0.15) is 207 Å². The molecule has 6 N–H and O–H groups in total. The first kappa shape index (κ1) is 60.4. The van der Waals surface area contributed by atoms with Crippen LogP contribution in [0.25, 0.3) is 0 Å². The number of hydrogen-bond donors (Lipinski definition) is 6. The molecule has 11 heteroatoms. The molecule has 1 amide bonds. The number of esters is 1. The van der Waals surface area contributed by atoms with E-state index in [9.17, 15) is 35.1 Å². The summed E-state index contributed by atoms with van der Waals surface area (Å²) in [6, 6.07) is -1.03. The molecule has 0 bridgehead atoms. The molecule has 376 valence electrons. The van der Waals surface area contributed by atoms with Gasteiger partial charge in [-0.05, 0) is 44.9 Å². The van der Waals surface area contributed by atoms with Crippen LogP contribution in [-0.2, 0) is 23.8 Å². The largest absolute Gasteiger partial charge is 0.454 e. The Balaban J connectivity index is 2.81. The van der Waals surface area contributed by atoms with Gasteiger partial charge >= 0.3 is 5.97 Å². The van der Waals surface area contributed by atoms with Crippen molar-refractivity contribution in [1.82, 2.24) is 5.32 Å². The maximum atomic E-state index is 13.3. The van der Waals surface area contributed by atoms with Gasteiger partial charge in [-0.15, -0.1) is 0 Å². The van der Waals surface area contributed by atoms with Crippen molar-refractivity contribution in [2.24, 2.45) is 0 Å². The summed E-state index contributed by atoms with van der Waals surface area (Å²) in [5, 5.41) is 56.5. The van der Waals surface area contributed by atoms with Crippen molar-refractivity contribution in [2.45, 2.75) is 256 Å². The average molecular weight is 918 g/mol. The number of ether oxygens (including phenoxy) is 3. The van der Waals surface area contributed by atoms with E-state index in [2.05, 4.69) is 38.2 Å². The second kappa shape index (κ2) is 42.7. The molecule has 1 aliphatic heterocycles. The molecular formula is C54H95NO10. The summed E-state index contributed by atoms with van der Waals surface area (Å²) in [6.07, 6.45) is 39.9. The second-order valence-corrected chi connectivity index (χ2v) is 18.0. The summed E-state index contributed by atoms with van der Waals surface area (Å²) < 4.78 is 17.5. The standard InChI is InChI=1S/C54H95NO10/c1-4-7-10-13-16-19-22-24-27-30-33-36-39-42-49(59)65-52-51(61)50(60)48(43-56)64-54(52)63-44-45(46(57)40-37-34-31-28-25-21-18-15-12-9-6-3)55-53(62)47(58)41-38-35-32-29-26-23-20-17-14-11-8-5-2/h7,10,13,16,19,22,24,27,37,40,45-48,50-52,54,56-58,60-61H,4-6,8-9,11-12,14-15,17-18,20-21,23,25-26,28-36,38-39,41-44H2,1-3H3,(H,55,62)/b10-7+,16-13+,22-19-,27-24-,40-37+. The molecular weight excluding hydrogens is 823 g/mol. The van der Waals surface area contributed by atoms with Gasteiger partial charge in [0.25, 0.3) is 0 Å². The van der Waals surface area contributed by atoms with E-state index < -0.39 is 67.4 Å². The molecule has 0 aliphatic carbocycles. The number of amides is 1. The third-order valence-electron chi connectivity index (χ3n) is 12.0. The van der Waals surface area contributed by atoms with Crippen LogP contribution in [0.3, 0.4) is 0 Å². The summed E-state index contributed by atoms with van der Waals surface area (Å²) in [7, 11) is 0. The van der Waals surface area contributed by atoms with Crippen LogP contribution in [0.5, 0.6) is 0 Å². The number of allylic oxidation sites excluding steroid dienone is 9. The quantitative estimate of drug-likeness (QED) is 0.0150. The van der Waals surface area contributed by atoms with E-state index in [0.29, 0.717) is 12.8 Å². The zero-order valence-corrected chi connectivity index (χ0v) is 41.1. The highest BCUT2D eigenvalue weighted by molar-refractivity contribution is 5.80. The van der Waals surface area contributed by atoms with Crippen molar-refractivity contribution in [2.75, 3.05) is 13.2 Å². The van der Waals surface area contributed by atoms with Crippen LogP contribution in [-0.4, -0.2) is 99.6 Å². The Hall–Kier alpha value is -2.64. The van der Waals surface area contributed by atoms with Crippen molar-refractivity contribution < 1.29 is 49.3 Å². The minimum Gasteiger partial charge on any atom is -0.454 e. The zero-order chi connectivity index (χ0) is 47.6. The number of carbonyl (C=O) groups excluding carboxylic acids is 2. The Morgan fingerprint density at radius 3 is 1.66 bits per heavy atom. The Labute approximate surface area is 395 Å². The van der Waals surface area contributed by atoms with E-state index in [0.717, 1.165) is 64.2 Å². The van der Waals surface area contributed by atoms with Gasteiger partial charge in [-0.25, -0.2) is 0 Å². The monoisotopic (exact) mass is 918 g/mol. The van der Waals surface area contributed by atoms with E-state index >= 15 is 0 Å². The van der Waals surface area contributed by atoms with Crippen LogP contribution in [0, 0.1) is 0 Å². The molecule has 65 heavy (non-hydrogen) atoms. The third kappa shape index (κ3) is 31.9. The molecule has 1 aliphatic rings. The van der Waals surface area contributed by atoms with Crippen molar-refractivity contribution >= 4 is 11.9 Å². The number of carbonyl (C=O) groups is 2. The van der Waals surface area contributed by atoms with Crippen molar-refractivity contribution in [1.29, 1.82) is 0 Å². The maximum absolute atomic E-state index is 13.3. The predicted octanol–water partition coefficient (Wildman–Crippen LogP) is 10.7. The van der Waals surface area contributed by atoms with Gasteiger partial charge in [0.05, 0.1) is 25.4 Å². The first-order chi connectivity index (χ1) is 31.7. The predicted molar refractivity (Wildman–Crippen MR) is 264 cm³/mol. The minimum atomic E-state index is -1.63. The van der Waals surface area contributed by atoms with Gasteiger partial charge < -0.3 is 45.1 Å². The van der Waals surface area contributed by atoms with E-state index in [4.69, 9.17) is 14.2 Å². The normalized spacial score (nSPS) is 20.8. The Morgan fingerprint density at radius 2 is 1.11 bits per heavy atom. The first-order valence-electron chi connectivity index (χ1n) is 26.1. The van der Waals surface area contributed by atoms with Gasteiger partial charge in [0.1, 0.15) is 24.4 Å².